The van der Waals surface area contributed by atoms with E-state index in [1.807, 2.05) is 6.92 Å². The Bertz CT molecular complexity index is 1130. The maximum absolute atomic E-state index is 13.5. The van der Waals surface area contributed by atoms with E-state index in [4.69, 9.17) is 0 Å². The summed E-state index contributed by atoms with van der Waals surface area (Å²) in [5.74, 6) is 0.463. The molecule has 1 saturated heterocycles. The third-order valence-corrected chi connectivity index (χ3v) is 6.02. The molecule has 3 atom stereocenters. The first-order chi connectivity index (χ1) is 15.3. The van der Waals surface area contributed by atoms with Gasteiger partial charge in [-0.15, -0.1) is 4.80 Å². The van der Waals surface area contributed by atoms with Gasteiger partial charge in [0.25, 0.3) is 5.91 Å². The number of carbonyl (C=O) groups excluding carboxylic acids is 1. The summed E-state index contributed by atoms with van der Waals surface area (Å²) in [7, 11) is 0. The molecule has 0 aromatic carbocycles. The summed E-state index contributed by atoms with van der Waals surface area (Å²) < 4.78 is 38.4. The Morgan fingerprint density at radius 3 is 2.56 bits per heavy atom. The molecule has 2 fully saturated rings. The lowest BCUT2D eigenvalue weighted by molar-refractivity contribution is -0.137. The molecule has 4 heterocycles. The van der Waals surface area contributed by atoms with Gasteiger partial charge in [-0.1, -0.05) is 0 Å². The SMILES string of the molecule is Cc1ccc(-n2nccn2)c(C(=O)N2C[C@H]3C[C@@H](Nc4ccc(C(F)(F)F)cn4)[C@@H]2C3)n1. The van der Waals surface area contributed by atoms with E-state index in [1.165, 1.54) is 23.3 Å². The highest BCUT2D eigenvalue weighted by Crippen LogP contribution is 2.40. The number of rotatable bonds is 4. The first-order valence-electron chi connectivity index (χ1n) is 10.2. The minimum Gasteiger partial charge on any atom is -0.365 e. The van der Waals surface area contributed by atoms with Crippen molar-refractivity contribution in [3.63, 3.8) is 0 Å². The maximum Gasteiger partial charge on any atom is 0.417 e. The Kier molecular flexibility index (Phi) is 4.83. The second-order valence-electron chi connectivity index (χ2n) is 8.18. The van der Waals surface area contributed by atoms with Crippen LogP contribution in [0.15, 0.2) is 42.9 Å². The smallest absolute Gasteiger partial charge is 0.365 e. The predicted octanol–water partition coefficient (Wildman–Crippen LogP) is 3.10. The number of aryl methyl sites for hydroxylation is 1. The third kappa shape index (κ3) is 3.67. The zero-order valence-electron chi connectivity index (χ0n) is 17.1. The molecule has 166 valence electrons. The van der Waals surface area contributed by atoms with Gasteiger partial charge in [-0.05, 0) is 49.9 Å². The van der Waals surface area contributed by atoms with Crippen molar-refractivity contribution in [2.45, 2.75) is 38.0 Å². The molecule has 1 amide bonds. The Morgan fingerprint density at radius 1 is 1.12 bits per heavy atom. The van der Waals surface area contributed by atoms with Gasteiger partial charge in [0.05, 0.1) is 24.0 Å². The zero-order chi connectivity index (χ0) is 22.5. The van der Waals surface area contributed by atoms with Crippen molar-refractivity contribution in [1.82, 2.24) is 29.9 Å². The van der Waals surface area contributed by atoms with Crippen LogP contribution in [0.1, 0.15) is 34.6 Å². The molecule has 1 N–H and O–H groups in total. The van der Waals surface area contributed by atoms with Crippen LogP contribution in [0.4, 0.5) is 19.0 Å². The van der Waals surface area contributed by atoms with Crippen molar-refractivity contribution >= 4 is 11.7 Å². The van der Waals surface area contributed by atoms with E-state index in [1.54, 1.807) is 17.0 Å². The largest absolute Gasteiger partial charge is 0.417 e. The number of amides is 1. The number of piperidine rings is 1. The number of anilines is 1. The molecule has 0 unspecified atom stereocenters. The molecule has 1 aliphatic carbocycles. The minimum absolute atomic E-state index is 0.0991. The van der Waals surface area contributed by atoms with E-state index in [2.05, 4.69) is 25.5 Å². The lowest BCUT2D eigenvalue weighted by Crippen LogP contribution is -2.48. The number of carbonyl (C=O) groups is 1. The van der Waals surface area contributed by atoms with Crippen LogP contribution < -0.4 is 5.32 Å². The van der Waals surface area contributed by atoms with Gasteiger partial charge in [0, 0.05) is 24.5 Å². The number of aromatic nitrogens is 5. The fourth-order valence-electron chi connectivity index (χ4n) is 4.60. The Hall–Kier alpha value is -3.50. The standard InChI is InChI=1S/C21H20F3N7O/c1-12-2-4-16(31-26-6-7-27-31)19(28-12)20(32)30-11-13-8-15(17(30)9-13)29-18-5-3-14(10-25-18)21(22,23)24/h2-7,10,13,15,17H,8-9,11H2,1H3,(H,25,29)/t13-,15+,17-/m0/s1. The van der Waals surface area contributed by atoms with Crippen LogP contribution in [0.3, 0.4) is 0 Å². The average molecular weight is 443 g/mol. The van der Waals surface area contributed by atoms with Crippen LogP contribution in [0, 0.1) is 12.8 Å². The van der Waals surface area contributed by atoms with Crippen molar-refractivity contribution in [2.75, 3.05) is 11.9 Å². The molecule has 8 nitrogen and oxygen atoms in total. The zero-order valence-corrected chi connectivity index (χ0v) is 17.1. The van der Waals surface area contributed by atoms with E-state index < -0.39 is 11.7 Å². The number of pyridine rings is 2. The molecule has 1 aliphatic heterocycles. The molecule has 3 aromatic rings. The summed E-state index contributed by atoms with van der Waals surface area (Å²) in [5, 5.41) is 11.5. The summed E-state index contributed by atoms with van der Waals surface area (Å²) in [5.41, 5.74) is 0.692. The minimum atomic E-state index is -4.43. The Balaban J connectivity index is 1.37. The molecule has 0 radical (unpaired) electrons. The summed E-state index contributed by atoms with van der Waals surface area (Å²) in [6, 6.07) is 5.70. The van der Waals surface area contributed by atoms with Crippen molar-refractivity contribution in [3.05, 3.63) is 59.8 Å². The van der Waals surface area contributed by atoms with E-state index in [9.17, 15) is 18.0 Å². The average Bonchev–Trinajstić information content (AvgIpc) is 3.50. The van der Waals surface area contributed by atoms with E-state index in [0.29, 0.717) is 29.7 Å². The van der Waals surface area contributed by atoms with Crippen LogP contribution in [0.2, 0.25) is 0 Å². The van der Waals surface area contributed by atoms with Crippen LogP contribution in [-0.2, 0) is 6.18 Å². The number of halogens is 3. The van der Waals surface area contributed by atoms with Crippen LogP contribution in [-0.4, -0.2) is 54.4 Å². The highest BCUT2D eigenvalue weighted by atomic mass is 19.4. The lowest BCUT2D eigenvalue weighted by Gasteiger charge is -2.34. The molecule has 5 rings (SSSR count). The second-order valence-corrected chi connectivity index (χ2v) is 8.18. The molecular formula is C21H20F3N7O. The van der Waals surface area contributed by atoms with E-state index in [-0.39, 0.29) is 23.7 Å². The summed E-state index contributed by atoms with van der Waals surface area (Å²) >= 11 is 0. The monoisotopic (exact) mass is 443 g/mol. The lowest BCUT2D eigenvalue weighted by atomic mass is 10.0. The summed E-state index contributed by atoms with van der Waals surface area (Å²) in [4.78, 5) is 25.0. The summed E-state index contributed by atoms with van der Waals surface area (Å²) in [6.07, 6.45) is 1.10. The summed E-state index contributed by atoms with van der Waals surface area (Å²) in [6.45, 7) is 2.43. The molecule has 32 heavy (non-hydrogen) atoms. The Labute approximate surface area is 181 Å². The first-order valence-corrected chi connectivity index (χ1v) is 10.2. The molecular weight excluding hydrogens is 423 g/mol. The highest BCUT2D eigenvalue weighted by Gasteiger charge is 2.47. The number of hydrogen-bond donors (Lipinski definition) is 1. The van der Waals surface area contributed by atoms with Crippen LogP contribution >= 0.6 is 0 Å². The van der Waals surface area contributed by atoms with Gasteiger partial charge in [-0.3, -0.25) is 4.79 Å². The van der Waals surface area contributed by atoms with Gasteiger partial charge < -0.3 is 10.2 Å². The number of nitrogens with one attached hydrogen (secondary N) is 1. The van der Waals surface area contributed by atoms with E-state index >= 15 is 0 Å². The van der Waals surface area contributed by atoms with Gasteiger partial charge >= 0.3 is 6.18 Å². The normalized spacial score (nSPS) is 22.4. The van der Waals surface area contributed by atoms with Crippen molar-refractivity contribution in [3.8, 4) is 5.69 Å². The quantitative estimate of drug-likeness (QED) is 0.667. The van der Waals surface area contributed by atoms with Crippen molar-refractivity contribution in [1.29, 1.82) is 0 Å². The second kappa shape index (κ2) is 7.57. The van der Waals surface area contributed by atoms with Gasteiger partial charge in [-0.25, -0.2) is 9.97 Å². The molecule has 1 saturated carbocycles. The molecule has 3 aromatic heterocycles. The first kappa shape index (κ1) is 20.4. The number of alkyl halides is 3. The van der Waals surface area contributed by atoms with Gasteiger partial charge in [-0.2, -0.15) is 23.4 Å². The van der Waals surface area contributed by atoms with Crippen LogP contribution in [0.25, 0.3) is 5.69 Å². The van der Waals surface area contributed by atoms with Gasteiger partial charge in [0.2, 0.25) is 0 Å². The Morgan fingerprint density at radius 2 is 1.91 bits per heavy atom. The van der Waals surface area contributed by atoms with E-state index in [0.717, 1.165) is 25.1 Å². The molecule has 2 aliphatic rings. The highest BCUT2D eigenvalue weighted by molar-refractivity contribution is 5.96. The fraction of sp³-hybridized carbons (Fsp3) is 0.381. The number of hydrogen-bond acceptors (Lipinski definition) is 6. The van der Waals surface area contributed by atoms with Crippen molar-refractivity contribution < 1.29 is 18.0 Å². The molecule has 2 bridgehead atoms. The third-order valence-electron chi connectivity index (χ3n) is 6.02. The maximum atomic E-state index is 13.5. The fourth-order valence-corrected chi connectivity index (χ4v) is 4.60. The number of fused-ring (bicyclic) bond motifs is 2. The number of nitrogens with zero attached hydrogens (tertiary/aromatic N) is 6. The molecule has 0 spiro atoms. The topological polar surface area (TPSA) is 88.8 Å². The number of likely N-dealkylation sites (tertiary alicyclic amines) is 1. The van der Waals surface area contributed by atoms with Gasteiger partial charge in [0.1, 0.15) is 11.5 Å². The predicted molar refractivity (Wildman–Crippen MR) is 108 cm³/mol. The van der Waals surface area contributed by atoms with Crippen LogP contribution in [0.5, 0.6) is 0 Å². The van der Waals surface area contributed by atoms with Gasteiger partial charge in [0.15, 0.2) is 5.69 Å². The van der Waals surface area contributed by atoms with Crippen molar-refractivity contribution in [2.24, 2.45) is 5.92 Å². The molecule has 11 heteroatoms.